The van der Waals surface area contributed by atoms with E-state index < -0.39 is 18.8 Å². The fourth-order valence-electron chi connectivity index (χ4n) is 4.93. The lowest BCUT2D eigenvalue weighted by molar-refractivity contribution is -0.122. The van der Waals surface area contributed by atoms with Gasteiger partial charge in [-0.15, -0.1) is 0 Å². The average Bonchev–Trinajstić information content (AvgIpc) is 3.39. The lowest BCUT2D eigenvalue weighted by atomic mass is 9.86. The molecule has 2 aromatic carbocycles. The van der Waals surface area contributed by atoms with Gasteiger partial charge in [0.25, 0.3) is 5.91 Å². The third kappa shape index (κ3) is 7.01. The van der Waals surface area contributed by atoms with Crippen LogP contribution in [0.4, 0.5) is 23.7 Å². The van der Waals surface area contributed by atoms with Crippen LogP contribution in [0, 0.1) is 5.92 Å². The highest BCUT2D eigenvalue weighted by atomic mass is 19.4. The van der Waals surface area contributed by atoms with Gasteiger partial charge in [0.1, 0.15) is 6.54 Å². The van der Waals surface area contributed by atoms with E-state index in [2.05, 4.69) is 20.7 Å². The Morgan fingerprint density at radius 2 is 1.73 bits per heavy atom. The maximum Gasteiger partial charge on any atom is 0.405 e. The number of halogens is 3. The van der Waals surface area contributed by atoms with Crippen molar-refractivity contribution < 1.29 is 27.9 Å². The van der Waals surface area contributed by atoms with Crippen LogP contribution in [0.5, 0.6) is 0 Å². The van der Waals surface area contributed by atoms with Crippen molar-refractivity contribution in [1.82, 2.24) is 25.2 Å². The molecule has 2 unspecified atom stereocenters. The van der Waals surface area contributed by atoms with Crippen LogP contribution in [0.25, 0.3) is 28.0 Å². The molecule has 4 aromatic rings. The number of hydrogen-bond donors (Lipinski definition) is 4. The predicted molar refractivity (Wildman–Crippen MR) is 147 cm³/mol. The van der Waals surface area contributed by atoms with Crippen LogP contribution < -0.4 is 16.0 Å². The van der Waals surface area contributed by atoms with Crippen LogP contribution in [-0.2, 0) is 0 Å². The number of carbonyl (C=O) groups excluding carboxylic acids is 2. The molecule has 0 spiro atoms. The summed E-state index contributed by atoms with van der Waals surface area (Å²) in [7, 11) is 0. The lowest BCUT2D eigenvalue weighted by Crippen LogP contribution is -2.36. The molecular weight excluding hydrogens is 537 g/mol. The minimum absolute atomic E-state index is 0.0696. The summed E-state index contributed by atoms with van der Waals surface area (Å²) >= 11 is 0. The van der Waals surface area contributed by atoms with Gasteiger partial charge in [-0.3, -0.25) is 4.79 Å². The smallest absolute Gasteiger partial charge is 0.393 e. The Morgan fingerprint density at radius 1 is 0.951 bits per heavy atom. The summed E-state index contributed by atoms with van der Waals surface area (Å²) in [5.74, 6) is -0.137. The minimum Gasteiger partial charge on any atom is -0.393 e. The van der Waals surface area contributed by atoms with Crippen LogP contribution in [0.1, 0.15) is 36.0 Å². The third-order valence-electron chi connectivity index (χ3n) is 7.08. The number of rotatable bonds is 7. The molecule has 0 saturated heterocycles. The Bertz CT molecular complexity index is 1550. The fourth-order valence-corrected chi connectivity index (χ4v) is 4.93. The van der Waals surface area contributed by atoms with E-state index in [-0.39, 0.29) is 17.9 Å². The van der Waals surface area contributed by atoms with Crippen LogP contribution in [0.3, 0.4) is 0 Å². The first-order valence-corrected chi connectivity index (χ1v) is 13.3. The standard InChI is InChI=1S/C29H29F3N6O3/c30-29(31,32)17-35-28(41)37-23-9-4-7-19(12-23)24-16-33-26-13-22(15-36-38(24)26)18-6-3-8-20(11-18)27(40)34-14-21-5-1-2-10-25(21)39/h3-4,6-9,11-13,15-16,21,25,39H,1-2,5,10,14,17H2,(H,34,40)(H2,35,37,41). The SMILES string of the molecule is O=C(NCC(F)(F)F)Nc1cccc(-c2cnc3cc(-c4cccc(C(=O)NCC5CCCCC5O)c4)cnn23)c1. The molecule has 3 amide bonds. The molecule has 1 fully saturated rings. The largest absolute Gasteiger partial charge is 0.405 e. The molecular formula is C29H29F3N6O3. The summed E-state index contributed by atoms with van der Waals surface area (Å²) in [6.07, 6.45) is 2.12. The molecule has 1 aliphatic carbocycles. The van der Waals surface area contributed by atoms with Gasteiger partial charge in [0.05, 0.1) is 24.2 Å². The number of amides is 3. The van der Waals surface area contributed by atoms with Gasteiger partial charge in [-0.25, -0.2) is 14.3 Å². The second-order valence-corrected chi connectivity index (χ2v) is 10.1. The number of aromatic nitrogens is 3. The van der Waals surface area contributed by atoms with E-state index in [1.54, 1.807) is 64.7 Å². The number of hydrogen-bond acceptors (Lipinski definition) is 5. The van der Waals surface area contributed by atoms with Crippen molar-refractivity contribution >= 4 is 23.3 Å². The summed E-state index contributed by atoms with van der Waals surface area (Å²) in [5.41, 5.74) is 4.15. The zero-order valence-corrected chi connectivity index (χ0v) is 22.0. The number of benzene rings is 2. The topological polar surface area (TPSA) is 121 Å². The van der Waals surface area contributed by atoms with Gasteiger partial charge in [0.2, 0.25) is 0 Å². The summed E-state index contributed by atoms with van der Waals surface area (Å²) < 4.78 is 38.7. The van der Waals surface area contributed by atoms with Crippen molar-refractivity contribution in [3.63, 3.8) is 0 Å². The molecule has 5 rings (SSSR count). The van der Waals surface area contributed by atoms with Crippen molar-refractivity contribution in [1.29, 1.82) is 0 Å². The highest BCUT2D eigenvalue weighted by Crippen LogP contribution is 2.27. The summed E-state index contributed by atoms with van der Waals surface area (Å²) in [6, 6.07) is 14.7. The van der Waals surface area contributed by atoms with Gasteiger partial charge < -0.3 is 21.1 Å². The summed E-state index contributed by atoms with van der Waals surface area (Å²) in [5, 5.41) is 21.8. The first kappa shape index (κ1) is 28.1. The Kier molecular flexibility index (Phi) is 8.20. The number of carbonyl (C=O) groups is 2. The van der Waals surface area contributed by atoms with Gasteiger partial charge in [-0.2, -0.15) is 18.3 Å². The number of urea groups is 1. The lowest BCUT2D eigenvalue weighted by Gasteiger charge is -2.27. The number of alkyl halides is 3. The van der Waals surface area contributed by atoms with Crippen molar-refractivity contribution in [3.8, 4) is 22.4 Å². The predicted octanol–water partition coefficient (Wildman–Crippen LogP) is 5.03. The second kappa shape index (κ2) is 12.0. The minimum atomic E-state index is -4.51. The number of aliphatic hydroxyl groups excluding tert-OH is 1. The molecule has 2 atom stereocenters. The number of nitrogens with one attached hydrogen (secondary N) is 3. The zero-order chi connectivity index (χ0) is 29.0. The normalized spacial score (nSPS) is 17.3. The average molecular weight is 567 g/mol. The molecule has 1 saturated carbocycles. The van der Waals surface area contributed by atoms with Gasteiger partial charge in [-0.1, -0.05) is 37.1 Å². The summed E-state index contributed by atoms with van der Waals surface area (Å²) in [4.78, 5) is 29.1. The molecule has 214 valence electrons. The Balaban J connectivity index is 1.29. The number of imidazole rings is 1. The van der Waals surface area contributed by atoms with Crippen LogP contribution >= 0.6 is 0 Å². The van der Waals surface area contributed by atoms with Crippen molar-refractivity contribution in [2.24, 2.45) is 5.92 Å². The van der Waals surface area contributed by atoms with Crippen molar-refractivity contribution in [2.75, 3.05) is 18.4 Å². The molecule has 1 aliphatic rings. The van der Waals surface area contributed by atoms with Crippen LogP contribution in [0.15, 0.2) is 67.0 Å². The molecule has 41 heavy (non-hydrogen) atoms. The number of nitrogens with zero attached hydrogens (tertiary/aromatic N) is 3. The molecule has 0 aliphatic heterocycles. The van der Waals surface area contributed by atoms with Crippen LogP contribution in [0.2, 0.25) is 0 Å². The van der Waals surface area contributed by atoms with E-state index in [0.717, 1.165) is 36.8 Å². The molecule has 0 radical (unpaired) electrons. The van der Waals surface area contributed by atoms with E-state index in [1.807, 2.05) is 12.1 Å². The second-order valence-electron chi connectivity index (χ2n) is 10.1. The van der Waals surface area contributed by atoms with Crippen molar-refractivity contribution in [3.05, 3.63) is 72.6 Å². The quantitative estimate of drug-likeness (QED) is 0.250. The van der Waals surface area contributed by atoms with E-state index in [0.29, 0.717) is 34.7 Å². The van der Waals surface area contributed by atoms with Crippen LogP contribution in [-0.4, -0.2) is 57.0 Å². The number of aliphatic hydroxyl groups is 1. The van der Waals surface area contributed by atoms with Crippen molar-refractivity contribution in [2.45, 2.75) is 38.0 Å². The molecule has 9 nitrogen and oxygen atoms in total. The summed E-state index contributed by atoms with van der Waals surface area (Å²) in [6.45, 7) is -1.00. The van der Waals surface area contributed by atoms with E-state index in [4.69, 9.17) is 0 Å². The molecule has 2 aromatic heterocycles. The first-order chi connectivity index (χ1) is 19.7. The van der Waals surface area contributed by atoms with Gasteiger partial charge in [-0.05, 0) is 48.7 Å². The number of anilines is 1. The molecule has 0 bridgehead atoms. The van der Waals surface area contributed by atoms with Gasteiger partial charge in [0, 0.05) is 34.8 Å². The van der Waals surface area contributed by atoms with Gasteiger partial charge >= 0.3 is 12.2 Å². The first-order valence-electron chi connectivity index (χ1n) is 13.3. The molecule has 12 heteroatoms. The fraction of sp³-hybridized carbons (Fsp3) is 0.310. The Labute approximate surface area is 233 Å². The Morgan fingerprint density at radius 3 is 2.54 bits per heavy atom. The van der Waals surface area contributed by atoms with E-state index in [9.17, 15) is 27.9 Å². The third-order valence-corrected chi connectivity index (χ3v) is 7.08. The van der Waals surface area contributed by atoms with Gasteiger partial charge in [0.15, 0.2) is 5.65 Å². The monoisotopic (exact) mass is 566 g/mol. The maximum atomic E-state index is 12.8. The number of fused-ring (bicyclic) bond motifs is 1. The molecule has 2 heterocycles. The zero-order valence-electron chi connectivity index (χ0n) is 22.0. The maximum absolute atomic E-state index is 12.8. The highest BCUT2D eigenvalue weighted by Gasteiger charge is 2.27. The highest BCUT2D eigenvalue weighted by molar-refractivity contribution is 5.95. The van der Waals surface area contributed by atoms with E-state index in [1.165, 1.54) is 0 Å². The molecule has 4 N–H and O–H groups in total. The van der Waals surface area contributed by atoms with E-state index >= 15 is 0 Å². The Hall–Kier alpha value is -4.45.